The van der Waals surface area contributed by atoms with E-state index in [1.807, 2.05) is 11.6 Å². The van der Waals surface area contributed by atoms with E-state index in [4.69, 9.17) is 10.5 Å². The first-order valence-corrected chi connectivity index (χ1v) is 8.38. The zero-order valence-corrected chi connectivity index (χ0v) is 13.3. The van der Waals surface area contributed by atoms with Crippen molar-refractivity contribution in [2.45, 2.75) is 25.4 Å². The number of anilines is 1. The second kappa shape index (κ2) is 6.19. The zero-order valence-electron chi connectivity index (χ0n) is 12.5. The van der Waals surface area contributed by atoms with Gasteiger partial charge >= 0.3 is 0 Å². The molecule has 0 radical (unpaired) electrons. The molecule has 2 fully saturated rings. The number of ether oxygens (including phenoxy) is 1. The molecule has 0 aliphatic carbocycles. The van der Waals surface area contributed by atoms with Crippen LogP contribution in [0.15, 0.2) is 16.6 Å². The van der Waals surface area contributed by atoms with Gasteiger partial charge in [-0.05, 0) is 19.8 Å². The SMILES string of the molecule is CC1(CN=C(N)N2CCN(c3nccs3)CC2)CCCO1. The highest BCUT2D eigenvalue weighted by atomic mass is 32.1. The van der Waals surface area contributed by atoms with Crippen LogP contribution in [0.3, 0.4) is 0 Å². The van der Waals surface area contributed by atoms with E-state index in [2.05, 4.69) is 26.7 Å². The molecule has 3 rings (SSSR count). The van der Waals surface area contributed by atoms with E-state index in [0.717, 1.165) is 50.8 Å². The van der Waals surface area contributed by atoms with Crippen LogP contribution in [0, 0.1) is 0 Å². The Kier molecular flexibility index (Phi) is 4.30. The van der Waals surface area contributed by atoms with Crippen LogP contribution in [-0.2, 0) is 4.74 Å². The van der Waals surface area contributed by atoms with Crippen molar-refractivity contribution in [2.75, 3.05) is 44.2 Å². The van der Waals surface area contributed by atoms with Gasteiger partial charge in [0.1, 0.15) is 0 Å². The molecule has 1 unspecified atom stereocenters. The van der Waals surface area contributed by atoms with Crippen molar-refractivity contribution in [3.05, 3.63) is 11.6 Å². The van der Waals surface area contributed by atoms with Gasteiger partial charge in [-0.1, -0.05) is 0 Å². The molecule has 1 atom stereocenters. The lowest BCUT2D eigenvalue weighted by molar-refractivity contribution is 0.0282. The van der Waals surface area contributed by atoms with Gasteiger partial charge in [0.25, 0.3) is 0 Å². The zero-order chi connectivity index (χ0) is 14.7. The van der Waals surface area contributed by atoms with Crippen LogP contribution in [0.4, 0.5) is 5.13 Å². The van der Waals surface area contributed by atoms with Crippen molar-refractivity contribution in [1.29, 1.82) is 0 Å². The Morgan fingerprint density at radius 1 is 1.48 bits per heavy atom. The summed E-state index contributed by atoms with van der Waals surface area (Å²) in [6, 6.07) is 0. The van der Waals surface area contributed by atoms with Crippen molar-refractivity contribution in [3.63, 3.8) is 0 Å². The number of guanidine groups is 1. The van der Waals surface area contributed by atoms with E-state index in [-0.39, 0.29) is 5.60 Å². The highest BCUT2D eigenvalue weighted by molar-refractivity contribution is 7.13. The highest BCUT2D eigenvalue weighted by Crippen LogP contribution is 2.25. The molecule has 0 bridgehead atoms. The molecule has 2 aliphatic heterocycles. The normalized spacial score (nSPS) is 27.4. The van der Waals surface area contributed by atoms with E-state index < -0.39 is 0 Å². The molecule has 116 valence electrons. The maximum Gasteiger partial charge on any atom is 0.191 e. The summed E-state index contributed by atoms with van der Waals surface area (Å²) in [5.41, 5.74) is 6.02. The van der Waals surface area contributed by atoms with E-state index in [1.165, 1.54) is 0 Å². The minimum absolute atomic E-state index is 0.118. The average Bonchev–Trinajstić information content (AvgIpc) is 3.17. The van der Waals surface area contributed by atoms with Crippen molar-refractivity contribution in [3.8, 4) is 0 Å². The summed E-state index contributed by atoms with van der Waals surface area (Å²) in [6.07, 6.45) is 4.05. The summed E-state index contributed by atoms with van der Waals surface area (Å²) in [5.74, 6) is 0.644. The third-order valence-electron chi connectivity index (χ3n) is 4.17. The number of hydrogen-bond donors (Lipinski definition) is 1. The number of hydrogen-bond acceptors (Lipinski definition) is 5. The molecule has 2 N–H and O–H groups in total. The number of aliphatic imine (C=N–C) groups is 1. The molecule has 0 aromatic carbocycles. The molecule has 0 amide bonds. The van der Waals surface area contributed by atoms with Gasteiger partial charge in [0.2, 0.25) is 0 Å². The molecular weight excluding hydrogens is 286 g/mol. The summed E-state index contributed by atoms with van der Waals surface area (Å²) in [5, 5.41) is 3.11. The first kappa shape index (κ1) is 14.6. The molecule has 21 heavy (non-hydrogen) atoms. The topological polar surface area (TPSA) is 67.0 Å². The predicted octanol–water partition coefficient (Wildman–Crippen LogP) is 1.15. The molecule has 2 aliphatic rings. The lowest BCUT2D eigenvalue weighted by atomic mass is 10.0. The summed E-state index contributed by atoms with van der Waals surface area (Å²) < 4.78 is 5.75. The molecule has 3 heterocycles. The van der Waals surface area contributed by atoms with Crippen LogP contribution < -0.4 is 10.6 Å². The number of nitrogens with zero attached hydrogens (tertiary/aromatic N) is 4. The molecule has 0 saturated carbocycles. The minimum Gasteiger partial charge on any atom is -0.373 e. The Balaban J connectivity index is 1.51. The van der Waals surface area contributed by atoms with Crippen molar-refractivity contribution >= 4 is 22.4 Å². The van der Waals surface area contributed by atoms with Gasteiger partial charge in [0.15, 0.2) is 11.1 Å². The van der Waals surface area contributed by atoms with Crippen LogP contribution in [0.2, 0.25) is 0 Å². The summed E-state index contributed by atoms with van der Waals surface area (Å²) >= 11 is 1.68. The number of aromatic nitrogens is 1. The van der Waals surface area contributed by atoms with Gasteiger partial charge in [-0.2, -0.15) is 0 Å². The number of piperazine rings is 1. The Morgan fingerprint density at radius 2 is 2.29 bits per heavy atom. The average molecular weight is 309 g/mol. The molecule has 2 saturated heterocycles. The van der Waals surface area contributed by atoms with Crippen LogP contribution in [0.25, 0.3) is 0 Å². The number of rotatable bonds is 3. The van der Waals surface area contributed by atoms with Gasteiger partial charge in [0.05, 0.1) is 12.1 Å². The maximum atomic E-state index is 6.14. The maximum absolute atomic E-state index is 6.14. The van der Waals surface area contributed by atoms with E-state index in [1.54, 1.807) is 11.3 Å². The lowest BCUT2D eigenvalue weighted by Crippen LogP contribution is -2.51. The van der Waals surface area contributed by atoms with Gasteiger partial charge in [-0.15, -0.1) is 11.3 Å². The summed E-state index contributed by atoms with van der Waals surface area (Å²) in [4.78, 5) is 13.4. The Bertz CT molecular complexity index is 476. The van der Waals surface area contributed by atoms with Gasteiger partial charge in [0, 0.05) is 44.4 Å². The molecular formula is C14H23N5OS. The smallest absolute Gasteiger partial charge is 0.191 e. The first-order valence-electron chi connectivity index (χ1n) is 7.50. The Morgan fingerprint density at radius 3 is 2.90 bits per heavy atom. The van der Waals surface area contributed by atoms with E-state index in [9.17, 15) is 0 Å². The molecule has 0 spiro atoms. The Hall–Kier alpha value is -1.34. The quantitative estimate of drug-likeness (QED) is 0.670. The predicted molar refractivity (Wildman–Crippen MR) is 86.0 cm³/mol. The first-order chi connectivity index (χ1) is 10.2. The molecule has 1 aromatic rings. The fourth-order valence-electron chi connectivity index (χ4n) is 2.81. The highest BCUT2D eigenvalue weighted by Gasteiger charge is 2.30. The van der Waals surface area contributed by atoms with Crippen LogP contribution in [-0.4, -0.2) is 60.8 Å². The third kappa shape index (κ3) is 3.47. The van der Waals surface area contributed by atoms with E-state index >= 15 is 0 Å². The van der Waals surface area contributed by atoms with Crippen molar-refractivity contribution in [1.82, 2.24) is 9.88 Å². The number of thiazole rings is 1. The van der Waals surface area contributed by atoms with Crippen LogP contribution in [0.1, 0.15) is 19.8 Å². The van der Waals surface area contributed by atoms with Crippen LogP contribution >= 0.6 is 11.3 Å². The summed E-state index contributed by atoms with van der Waals surface area (Å²) in [7, 11) is 0. The van der Waals surface area contributed by atoms with E-state index in [0.29, 0.717) is 12.5 Å². The fraction of sp³-hybridized carbons (Fsp3) is 0.714. The van der Waals surface area contributed by atoms with Gasteiger partial charge < -0.3 is 20.3 Å². The third-order valence-corrected chi connectivity index (χ3v) is 5.00. The standard InChI is InChI=1S/C14H23N5OS/c1-14(3-2-9-20-14)11-17-12(15)18-5-7-19(8-6-18)13-16-4-10-21-13/h4,10H,2-3,5-9,11H2,1H3,(H2,15,17). The van der Waals surface area contributed by atoms with Gasteiger partial charge in [-0.3, -0.25) is 4.99 Å². The Labute approximate surface area is 129 Å². The molecule has 6 nitrogen and oxygen atoms in total. The lowest BCUT2D eigenvalue weighted by Gasteiger charge is -2.35. The fourth-order valence-corrected chi connectivity index (χ4v) is 3.51. The second-order valence-corrected chi connectivity index (χ2v) is 6.74. The van der Waals surface area contributed by atoms with Crippen molar-refractivity contribution in [2.24, 2.45) is 10.7 Å². The van der Waals surface area contributed by atoms with Crippen molar-refractivity contribution < 1.29 is 4.74 Å². The minimum atomic E-state index is -0.118. The molecule has 1 aromatic heterocycles. The second-order valence-electron chi connectivity index (χ2n) is 5.87. The van der Waals surface area contributed by atoms with Gasteiger partial charge in [-0.25, -0.2) is 4.98 Å². The van der Waals surface area contributed by atoms with Crippen LogP contribution in [0.5, 0.6) is 0 Å². The number of nitrogens with two attached hydrogens (primary N) is 1. The largest absolute Gasteiger partial charge is 0.373 e. The molecule has 7 heteroatoms. The summed E-state index contributed by atoms with van der Waals surface area (Å²) in [6.45, 7) is 7.30. The monoisotopic (exact) mass is 309 g/mol.